The maximum Gasteiger partial charge on any atom is 0.332 e. The third-order valence-electron chi connectivity index (χ3n) is 5.51. The molecule has 1 fully saturated rings. The van der Waals surface area contributed by atoms with Crippen LogP contribution in [-0.2, 0) is 17.9 Å². The molecule has 1 atom stereocenters. The SMILES string of the molecule is C[C@H]1CCCCN1C(=O)Cn1c(=O)n(Cc2ccc(F)cc2)c(=O)c2sccc21. The molecule has 3 aromatic rings. The number of rotatable bonds is 4. The van der Waals surface area contributed by atoms with Crippen LogP contribution >= 0.6 is 11.3 Å². The van der Waals surface area contributed by atoms with E-state index >= 15 is 0 Å². The molecule has 1 aliphatic rings. The molecule has 2 aromatic heterocycles. The molecule has 1 saturated heterocycles. The molecule has 0 unspecified atom stereocenters. The van der Waals surface area contributed by atoms with Crippen LogP contribution in [0.15, 0.2) is 45.3 Å². The van der Waals surface area contributed by atoms with Gasteiger partial charge >= 0.3 is 5.69 Å². The predicted molar refractivity (Wildman–Crippen MR) is 111 cm³/mol. The minimum Gasteiger partial charge on any atom is -0.338 e. The van der Waals surface area contributed by atoms with Crippen LogP contribution in [0.25, 0.3) is 10.2 Å². The standard InChI is InChI=1S/C21H22FN3O3S/c1-14-4-2-3-10-23(14)18(26)13-24-17-9-11-29-19(17)20(27)25(21(24)28)12-15-5-7-16(22)8-6-15/h5-9,11,14H,2-4,10,12-13H2,1H3/t14-/m0/s1. The van der Waals surface area contributed by atoms with Crippen molar-refractivity contribution in [1.82, 2.24) is 14.0 Å². The number of halogens is 1. The van der Waals surface area contributed by atoms with Gasteiger partial charge in [0.25, 0.3) is 5.56 Å². The summed E-state index contributed by atoms with van der Waals surface area (Å²) in [6.45, 7) is 2.65. The summed E-state index contributed by atoms with van der Waals surface area (Å²) in [7, 11) is 0. The van der Waals surface area contributed by atoms with E-state index in [1.165, 1.54) is 28.0 Å². The third kappa shape index (κ3) is 3.76. The molecule has 0 saturated carbocycles. The molecular weight excluding hydrogens is 393 g/mol. The van der Waals surface area contributed by atoms with Gasteiger partial charge in [0.2, 0.25) is 5.91 Å². The van der Waals surface area contributed by atoms with Gasteiger partial charge in [-0.25, -0.2) is 9.18 Å². The fourth-order valence-corrected chi connectivity index (χ4v) is 4.74. The van der Waals surface area contributed by atoms with Crippen LogP contribution in [0.3, 0.4) is 0 Å². The highest BCUT2D eigenvalue weighted by Gasteiger charge is 2.25. The summed E-state index contributed by atoms with van der Waals surface area (Å²) >= 11 is 1.25. The summed E-state index contributed by atoms with van der Waals surface area (Å²) < 4.78 is 16.1. The number of nitrogens with zero attached hydrogens (tertiary/aromatic N) is 3. The first-order chi connectivity index (χ1) is 14.0. The molecule has 6 nitrogen and oxygen atoms in total. The van der Waals surface area contributed by atoms with E-state index in [2.05, 4.69) is 0 Å². The predicted octanol–water partition coefficient (Wildman–Crippen LogP) is 2.81. The number of hydrogen-bond acceptors (Lipinski definition) is 4. The van der Waals surface area contributed by atoms with Gasteiger partial charge in [-0.3, -0.25) is 18.7 Å². The number of thiophene rings is 1. The lowest BCUT2D eigenvalue weighted by atomic mass is 10.0. The molecule has 0 N–H and O–H groups in total. The van der Waals surface area contributed by atoms with Crippen LogP contribution in [0.1, 0.15) is 31.7 Å². The van der Waals surface area contributed by atoms with E-state index in [9.17, 15) is 18.8 Å². The second-order valence-corrected chi connectivity index (χ2v) is 8.37. The van der Waals surface area contributed by atoms with Gasteiger partial charge in [0, 0.05) is 12.6 Å². The number of aromatic nitrogens is 2. The Morgan fingerprint density at radius 2 is 1.90 bits per heavy atom. The normalized spacial score (nSPS) is 17.0. The Hall–Kier alpha value is -2.74. The first-order valence-electron chi connectivity index (χ1n) is 9.70. The lowest BCUT2D eigenvalue weighted by Crippen LogP contribution is -2.47. The highest BCUT2D eigenvalue weighted by Crippen LogP contribution is 2.19. The second kappa shape index (κ2) is 7.94. The maximum atomic E-state index is 13.2. The average molecular weight is 415 g/mol. The third-order valence-corrected chi connectivity index (χ3v) is 6.40. The highest BCUT2D eigenvalue weighted by molar-refractivity contribution is 7.17. The first-order valence-corrected chi connectivity index (χ1v) is 10.6. The quantitative estimate of drug-likeness (QED) is 0.658. The monoisotopic (exact) mass is 415 g/mol. The van der Waals surface area contributed by atoms with Crippen LogP contribution < -0.4 is 11.2 Å². The zero-order valence-corrected chi connectivity index (χ0v) is 17.0. The Morgan fingerprint density at radius 3 is 2.62 bits per heavy atom. The van der Waals surface area contributed by atoms with E-state index < -0.39 is 5.69 Å². The first kappa shape index (κ1) is 19.6. The van der Waals surface area contributed by atoms with E-state index in [4.69, 9.17) is 0 Å². The fourth-order valence-electron chi connectivity index (χ4n) is 3.89. The van der Waals surface area contributed by atoms with E-state index in [-0.39, 0.29) is 36.4 Å². The summed E-state index contributed by atoms with van der Waals surface area (Å²) in [5, 5.41) is 1.75. The van der Waals surface area contributed by atoms with Crippen molar-refractivity contribution in [3.63, 3.8) is 0 Å². The Morgan fingerprint density at radius 1 is 1.14 bits per heavy atom. The van der Waals surface area contributed by atoms with Gasteiger partial charge in [0.1, 0.15) is 17.1 Å². The summed E-state index contributed by atoms with van der Waals surface area (Å²) in [4.78, 5) is 40.8. The lowest BCUT2D eigenvalue weighted by Gasteiger charge is -2.33. The van der Waals surface area contributed by atoms with Crippen LogP contribution in [0.2, 0.25) is 0 Å². The van der Waals surface area contributed by atoms with E-state index in [1.54, 1.807) is 23.6 Å². The van der Waals surface area contributed by atoms with Crippen molar-refractivity contribution in [3.8, 4) is 0 Å². The second-order valence-electron chi connectivity index (χ2n) is 7.45. The Balaban J connectivity index is 1.74. The van der Waals surface area contributed by atoms with E-state index in [1.807, 2.05) is 11.8 Å². The number of fused-ring (bicyclic) bond motifs is 1. The van der Waals surface area contributed by atoms with E-state index in [0.29, 0.717) is 22.3 Å². The number of amides is 1. The average Bonchev–Trinajstić information content (AvgIpc) is 3.20. The molecule has 8 heteroatoms. The number of hydrogen-bond donors (Lipinski definition) is 0. The Bertz CT molecular complexity index is 1160. The van der Waals surface area contributed by atoms with Crippen LogP contribution in [0.5, 0.6) is 0 Å². The van der Waals surface area contributed by atoms with Gasteiger partial charge < -0.3 is 4.90 Å². The lowest BCUT2D eigenvalue weighted by molar-refractivity contribution is -0.135. The molecule has 29 heavy (non-hydrogen) atoms. The van der Waals surface area contributed by atoms with Crippen LogP contribution in [0.4, 0.5) is 4.39 Å². The van der Waals surface area contributed by atoms with Crippen molar-refractivity contribution in [1.29, 1.82) is 0 Å². The number of likely N-dealkylation sites (tertiary alicyclic amines) is 1. The molecule has 4 rings (SSSR count). The summed E-state index contributed by atoms with van der Waals surface area (Å²) in [6.07, 6.45) is 3.02. The van der Waals surface area contributed by atoms with Crippen LogP contribution in [-0.4, -0.2) is 32.5 Å². The largest absolute Gasteiger partial charge is 0.338 e. The Kier molecular flexibility index (Phi) is 5.36. The van der Waals surface area contributed by atoms with Crippen molar-refractivity contribution in [2.75, 3.05) is 6.54 Å². The van der Waals surface area contributed by atoms with Gasteiger partial charge in [0.15, 0.2) is 0 Å². The van der Waals surface area contributed by atoms with Gasteiger partial charge in [-0.1, -0.05) is 12.1 Å². The molecule has 1 aromatic carbocycles. The molecule has 152 valence electrons. The molecule has 0 aliphatic carbocycles. The summed E-state index contributed by atoms with van der Waals surface area (Å²) in [5.41, 5.74) is 0.213. The van der Waals surface area contributed by atoms with Crippen molar-refractivity contribution < 1.29 is 9.18 Å². The van der Waals surface area contributed by atoms with Crippen molar-refractivity contribution in [2.45, 2.75) is 45.3 Å². The minimum absolute atomic E-state index is 0.0279. The Labute approximate surface area is 170 Å². The molecule has 0 radical (unpaired) electrons. The smallest absolute Gasteiger partial charge is 0.332 e. The number of carbonyl (C=O) groups is 1. The summed E-state index contributed by atoms with van der Waals surface area (Å²) in [5.74, 6) is -0.493. The fraction of sp³-hybridized carbons (Fsp3) is 0.381. The molecule has 0 bridgehead atoms. The maximum absolute atomic E-state index is 13.2. The highest BCUT2D eigenvalue weighted by atomic mass is 32.1. The number of benzene rings is 1. The summed E-state index contributed by atoms with van der Waals surface area (Å²) in [6, 6.07) is 7.54. The van der Waals surface area contributed by atoms with Crippen LogP contribution in [0, 0.1) is 5.82 Å². The van der Waals surface area contributed by atoms with Crippen molar-refractivity contribution >= 4 is 27.5 Å². The molecular formula is C21H22FN3O3S. The number of carbonyl (C=O) groups excluding carboxylic acids is 1. The number of piperidine rings is 1. The van der Waals surface area contributed by atoms with Crippen molar-refractivity contribution in [3.05, 3.63) is 67.9 Å². The van der Waals surface area contributed by atoms with E-state index in [0.717, 1.165) is 23.8 Å². The molecule has 3 heterocycles. The minimum atomic E-state index is -0.525. The van der Waals surface area contributed by atoms with Gasteiger partial charge in [-0.2, -0.15) is 0 Å². The molecule has 0 spiro atoms. The zero-order valence-electron chi connectivity index (χ0n) is 16.1. The van der Waals surface area contributed by atoms with Gasteiger partial charge in [-0.15, -0.1) is 11.3 Å². The van der Waals surface area contributed by atoms with Gasteiger partial charge in [0.05, 0.1) is 12.1 Å². The van der Waals surface area contributed by atoms with Crippen molar-refractivity contribution in [2.24, 2.45) is 0 Å². The van der Waals surface area contributed by atoms with Gasteiger partial charge in [-0.05, 0) is 55.3 Å². The zero-order chi connectivity index (χ0) is 20.5. The molecule has 1 aliphatic heterocycles. The topological polar surface area (TPSA) is 64.3 Å². The molecule has 1 amide bonds.